The van der Waals surface area contributed by atoms with Gasteiger partial charge in [0.15, 0.2) is 0 Å². The number of rotatable bonds is 5. The zero-order chi connectivity index (χ0) is 17.1. The van der Waals surface area contributed by atoms with Crippen LogP contribution in [0.5, 0.6) is 0 Å². The lowest BCUT2D eigenvalue weighted by atomic mass is 10.2. The number of ether oxygens (including phenoxy) is 1. The number of anilines is 1. The van der Waals surface area contributed by atoms with Crippen LogP contribution in [0.15, 0.2) is 0 Å². The van der Waals surface area contributed by atoms with Gasteiger partial charge in [0.25, 0.3) is 0 Å². The van der Waals surface area contributed by atoms with E-state index in [2.05, 4.69) is 15.3 Å². The lowest BCUT2D eigenvalue weighted by molar-refractivity contribution is -0.119. The summed E-state index contributed by atoms with van der Waals surface area (Å²) in [6.07, 6.45) is 0. The Balaban J connectivity index is 2.56. The fourth-order valence-electron chi connectivity index (χ4n) is 2.26. The monoisotopic (exact) mass is 336 g/mol. The predicted molar refractivity (Wildman–Crippen MR) is 90.2 cm³/mol. The molecule has 0 fully saturated rings. The van der Waals surface area contributed by atoms with Gasteiger partial charge in [-0.3, -0.25) is 4.79 Å². The highest BCUT2D eigenvalue weighted by Gasteiger charge is 2.22. The van der Waals surface area contributed by atoms with E-state index in [1.165, 1.54) is 11.3 Å². The molecule has 7 nitrogen and oxygen atoms in total. The Hall–Kier alpha value is -2.22. The number of nitrogens with one attached hydrogen (secondary N) is 1. The van der Waals surface area contributed by atoms with Crippen molar-refractivity contribution in [2.45, 2.75) is 20.8 Å². The SMILES string of the molecule is CCOC(=O)c1sc2nc(C)nc(N(C)CC(=O)NC)c2c1C. The summed E-state index contributed by atoms with van der Waals surface area (Å²) in [4.78, 5) is 35.6. The lowest BCUT2D eigenvalue weighted by Gasteiger charge is -2.18. The molecule has 124 valence electrons. The topological polar surface area (TPSA) is 84.4 Å². The lowest BCUT2D eigenvalue weighted by Crippen LogP contribution is -2.33. The number of fused-ring (bicyclic) bond motifs is 1. The summed E-state index contributed by atoms with van der Waals surface area (Å²) in [5.41, 5.74) is 0.780. The Morgan fingerprint density at radius 2 is 2.00 bits per heavy atom. The molecule has 0 spiro atoms. The quantitative estimate of drug-likeness (QED) is 0.836. The van der Waals surface area contributed by atoms with E-state index in [9.17, 15) is 9.59 Å². The molecule has 0 atom stereocenters. The summed E-state index contributed by atoms with van der Waals surface area (Å²) in [6.45, 7) is 5.90. The maximum absolute atomic E-state index is 12.1. The molecule has 2 rings (SSSR count). The van der Waals surface area contributed by atoms with Gasteiger partial charge in [-0.1, -0.05) is 0 Å². The minimum Gasteiger partial charge on any atom is -0.462 e. The predicted octanol–water partition coefficient (Wildman–Crippen LogP) is 1.67. The normalized spacial score (nSPS) is 10.7. The van der Waals surface area contributed by atoms with E-state index in [1.807, 2.05) is 6.92 Å². The largest absolute Gasteiger partial charge is 0.462 e. The summed E-state index contributed by atoms with van der Waals surface area (Å²) in [5, 5.41) is 3.37. The number of hydrogen-bond donors (Lipinski definition) is 1. The minimum absolute atomic E-state index is 0.115. The van der Waals surface area contributed by atoms with Crippen molar-refractivity contribution >= 4 is 39.2 Å². The van der Waals surface area contributed by atoms with Gasteiger partial charge in [0.05, 0.1) is 18.5 Å². The third-order valence-electron chi connectivity index (χ3n) is 3.36. The van der Waals surface area contributed by atoms with Gasteiger partial charge >= 0.3 is 5.97 Å². The Kier molecular flexibility index (Phi) is 5.15. The van der Waals surface area contributed by atoms with Crippen molar-refractivity contribution in [2.24, 2.45) is 0 Å². The van der Waals surface area contributed by atoms with E-state index in [1.54, 1.807) is 32.8 Å². The van der Waals surface area contributed by atoms with Crippen LogP contribution < -0.4 is 10.2 Å². The molecular weight excluding hydrogens is 316 g/mol. The van der Waals surface area contributed by atoms with Crippen LogP contribution >= 0.6 is 11.3 Å². The highest BCUT2D eigenvalue weighted by atomic mass is 32.1. The van der Waals surface area contributed by atoms with Crippen molar-refractivity contribution in [1.29, 1.82) is 0 Å². The molecule has 0 saturated heterocycles. The van der Waals surface area contributed by atoms with Crippen LogP contribution in [0, 0.1) is 13.8 Å². The van der Waals surface area contributed by atoms with Crippen LogP contribution in [0.4, 0.5) is 5.82 Å². The number of carbonyl (C=O) groups excluding carboxylic acids is 2. The van der Waals surface area contributed by atoms with Gasteiger partial charge in [0.2, 0.25) is 5.91 Å². The molecule has 23 heavy (non-hydrogen) atoms. The Morgan fingerprint density at radius 1 is 1.30 bits per heavy atom. The van der Waals surface area contributed by atoms with Crippen molar-refractivity contribution in [3.8, 4) is 0 Å². The molecule has 1 N–H and O–H groups in total. The Bertz CT molecular complexity index is 757. The maximum Gasteiger partial charge on any atom is 0.348 e. The zero-order valence-electron chi connectivity index (χ0n) is 13.9. The van der Waals surface area contributed by atoms with E-state index < -0.39 is 0 Å². The average molecular weight is 336 g/mol. The minimum atomic E-state index is -0.356. The van der Waals surface area contributed by atoms with Crippen LogP contribution in [-0.2, 0) is 9.53 Å². The molecule has 0 unspecified atom stereocenters. The highest BCUT2D eigenvalue weighted by molar-refractivity contribution is 7.20. The average Bonchev–Trinajstić information content (AvgIpc) is 2.83. The summed E-state index contributed by atoms with van der Waals surface area (Å²) >= 11 is 1.29. The van der Waals surface area contributed by atoms with Crippen molar-refractivity contribution in [3.05, 3.63) is 16.3 Å². The molecule has 8 heteroatoms. The molecule has 0 aromatic carbocycles. The molecule has 0 radical (unpaired) electrons. The third kappa shape index (κ3) is 3.42. The first kappa shape index (κ1) is 17.1. The van der Waals surface area contributed by atoms with Crippen molar-refractivity contribution < 1.29 is 14.3 Å². The number of nitrogens with zero attached hydrogens (tertiary/aromatic N) is 3. The van der Waals surface area contributed by atoms with E-state index in [4.69, 9.17) is 4.74 Å². The maximum atomic E-state index is 12.1. The molecule has 0 aliphatic heterocycles. The number of hydrogen-bond acceptors (Lipinski definition) is 7. The number of amides is 1. The van der Waals surface area contributed by atoms with Gasteiger partial charge in [-0.2, -0.15) is 0 Å². The van der Waals surface area contributed by atoms with Gasteiger partial charge in [-0.05, 0) is 26.3 Å². The standard InChI is InChI=1S/C15H20N4O3S/c1-6-22-15(21)12-8(2)11-13(19(5)7-10(20)16-4)17-9(3)18-14(11)23-12/h6-7H2,1-5H3,(H,16,20). The number of aromatic nitrogens is 2. The third-order valence-corrected chi connectivity index (χ3v) is 4.53. The number of aryl methyl sites for hydroxylation is 2. The Labute approximate surface area is 138 Å². The summed E-state index contributed by atoms with van der Waals surface area (Å²) in [7, 11) is 3.38. The molecule has 0 aliphatic rings. The van der Waals surface area contributed by atoms with Gasteiger partial charge in [-0.25, -0.2) is 14.8 Å². The molecular formula is C15H20N4O3S. The van der Waals surface area contributed by atoms with Gasteiger partial charge in [0.1, 0.15) is 21.3 Å². The van der Waals surface area contributed by atoms with E-state index >= 15 is 0 Å². The highest BCUT2D eigenvalue weighted by Crippen LogP contribution is 2.35. The first-order valence-corrected chi connectivity index (χ1v) is 8.07. The molecule has 2 heterocycles. The van der Waals surface area contributed by atoms with Crippen LogP contribution in [0.1, 0.15) is 28.0 Å². The molecule has 2 aromatic heterocycles. The second-order valence-corrected chi connectivity index (χ2v) is 6.08. The van der Waals surface area contributed by atoms with Gasteiger partial charge < -0.3 is 15.0 Å². The molecule has 0 bridgehead atoms. The van der Waals surface area contributed by atoms with Crippen LogP contribution in [0.3, 0.4) is 0 Å². The van der Waals surface area contributed by atoms with Crippen molar-refractivity contribution in [2.75, 3.05) is 32.1 Å². The van der Waals surface area contributed by atoms with E-state index in [-0.39, 0.29) is 18.4 Å². The summed E-state index contributed by atoms with van der Waals surface area (Å²) in [6, 6.07) is 0. The smallest absolute Gasteiger partial charge is 0.348 e. The second kappa shape index (κ2) is 6.91. The number of likely N-dealkylation sites (N-methyl/N-ethyl adjacent to an activating group) is 2. The van der Waals surface area contributed by atoms with E-state index in [0.717, 1.165) is 15.8 Å². The van der Waals surface area contributed by atoms with Gasteiger partial charge in [-0.15, -0.1) is 11.3 Å². The first-order valence-electron chi connectivity index (χ1n) is 7.25. The summed E-state index contributed by atoms with van der Waals surface area (Å²) in [5.74, 6) is 0.759. The van der Waals surface area contributed by atoms with Crippen LogP contribution in [0.25, 0.3) is 10.2 Å². The van der Waals surface area contributed by atoms with Crippen LogP contribution in [-0.4, -0.2) is 49.1 Å². The second-order valence-electron chi connectivity index (χ2n) is 5.08. The molecule has 0 saturated carbocycles. The fraction of sp³-hybridized carbons (Fsp3) is 0.467. The molecule has 0 aliphatic carbocycles. The summed E-state index contributed by atoms with van der Waals surface area (Å²) < 4.78 is 5.10. The number of esters is 1. The Morgan fingerprint density at radius 3 is 2.61 bits per heavy atom. The van der Waals surface area contributed by atoms with Crippen molar-refractivity contribution in [3.63, 3.8) is 0 Å². The van der Waals surface area contributed by atoms with Gasteiger partial charge in [0, 0.05) is 14.1 Å². The van der Waals surface area contributed by atoms with E-state index in [0.29, 0.717) is 23.1 Å². The van der Waals surface area contributed by atoms with Crippen molar-refractivity contribution in [1.82, 2.24) is 15.3 Å². The molecule has 2 aromatic rings. The fourth-order valence-corrected chi connectivity index (χ4v) is 3.37. The number of thiophene rings is 1. The molecule has 1 amide bonds. The zero-order valence-corrected chi connectivity index (χ0v) is 14.7. The number of carbonyl (C=O) groups is 2. The first-order chi connectivity index (χ1) is 10.9. The van der Waals surface area contributed by atoms with Crippen LogP contribution in [0.2, 0.25) is 0 Å².